The predicted octanol–water partition coefficient (Wildman–Crippen LogP) is 0.701. The Morgan fingerprint density at radius 1 is 1.50 bits per heavy atom. The van der Waals surface area contributed by atoms with E-state index in [1.54, 1.807) is 23.4 Å². The number of nitrogens with zero attached hydrogens (tertiary/aromatic N) is 2. The van der Waals surface area contributed by atoms with Gasteiger partial charge in [-0.15, -0.1) is 0 Å². The van der Waals surface area contributed by atoms with E-state index in [4.69, 9.17) is 5.11 Å². The third kappa shape index (κ3) is 1.61. The highest BCUT2D eigenvalue weighted by molar-refractivity contribution is 5.95. The molecule has 0 unspecified atom stereocenters. The minimum Gasteiger partial charge on any atom is -0.392 e. The zero-order valence-electron chi connectivity index (χ0n) is 7.81. The topological polar surface area (TPSA) is 53.4 Å². The molecule has 1 aromatic heterocycles. The van der Waals surface area contributed by atoms with Crippen LogP contribution in [0.3, 0.4) is 0 Å². The summed E-state index contributed by atoms with van der Waals surface area (Å²) in [5, 5.41) is 8.93. The lowest BCUT2D eigenvalue weighted by molar-refractivity contribution is -0.117. The number of hydrogen-bond donors (Lipinski definition) is 1. The van der Waals surface area contributed by atoms with E-state index in [0.29, 0.717) is 6.42 Å². The number of carbonyl (C=O) groups excluding carboxylic acids is 1. The van der Waals surface area contributed by atoms with E-state index in [9.17, 15) is 4.79 Å². The quantitative estimate of drug-likeness (QED) is 0.750. The summed E-state index contributed by atoms with van der Waals surface area (Å²) >= 11 is 0. The Hall–Kier alpha value is -1.42. The molecule has 0 spiro atoms. The smallest absolute Gasteiger partial charge is 0.227 e. The molecule has 4 nitrogen and oxygen atoms in total. The molecule has 14 heavy (non-hydrogen) atoms. The van der Waals surface area contributed by atoms with E-state index in [0.717, 1.165) is 24.2 Å². The van der Waals surface area contributed by atoms with E-state index in [1.165, 1.54) is 0 Å². The molecular weight excluding hydrogens is 180 g/mol. The van der Waals surface area contributed by atoms with Crippen molar-refractivity contribution in [1.82, 2.24) is 4.98 Å². The van der Waals surface area contributed by atoms with E-state index in [1.807, 2.05) is 0 Å². The Kier molecular flexibility index (Phi) is 2.45. The first-order valence-corrected chi connectivity index (χ1v) is 4.66. The predicted molar refractivity (Wildman–Crippen MR) is 51.7 cm³/mol. The van der Waals surface area contributed by atoms with Crippen LogP contribution in [0, 0.1) is 0 Å². The van der Waals surface area contributed by atoms with Crippen LogP contribution in [0.5, 0.6) is 0 Å². The summed E-state index contributed by atoms with van der Waals surface area (Å²) in [5.41, 5.74) is 1.53. The van der Waals surface area contributed by atoms with Gasteiger partial charge in [0, 0.05) is 19.2 Å². The minimum absolute atomic E-state index is 0.0388. The summed E-state index contributed by atoms with van der Waals surface area (Å²) in [6, 6.07) is 1.80. The van der Waals surface area contributed by atoms with E-state index in [-0.39, 0.29) is 12.5 Å². The third-order valence-electron chi connectivity index (χ3n) is 2.35. The fraction of sp³-hybridized carbons (Fsp3) is 0.400. The van der Waals surface area contributed by atoms with Crippen LogP contribution in [0.25, 0.3) is 0 Å². The maximum Gasteiger partial charge on any atom is 0.227 e. The number of rotatable bonds is 2. The second-order valence-corrected chi connectivity index (χ2v) is 3.36. The Morgan fingerprint density at radius 2 is 2.36 bits per heavy atom. The molecule has 0 aromatic carbocycles. The van der Waals surface area contributed by atoms with Crippen molar-refractivity contribution in [1.29, 1.82) is 0 Å². The van der Waals surface area contributed by atoms with Gasteiger partial charge in [0.2, 0.25) is 5.91 Å². The molecule has 4 heteroatoms. The SMILES string of the molecule is O=C1CCCN1c1cncc(CO)c1. The first-order valence-electron chi connectivity index (χ1n) is 4.66. The molecule has 1 aliphatic heterocycles. The van der Waals surface area contributed by atoms with Gasteiger partial charge in [-0.2, -0.15) is 0 Å². The molecule has 0 bridgehead atoms. The second-order valence-electron chi connectivity index (χ2n) is 3.36. The molecule has 0 radical (unpaired) electrons. The maximum atomic E-state index is 11.4. The summed E-state index contributed by atoms with van der Waals surface area (Å²) in [7, 11) is 0. The zero-order chi connectivity index (χ0) is 9.97. The number of carbonyl (C=O) groups is 1. The van der Waals surface area contributed by atoms with Crippen LogP contribution in [0.15, 0.2) is 18.5 Å². The number of aromatic nitrogens is 1. The molecule has 0 atom stereocenters. The van der Waals surface area contributed by atoms with Crippen LogP contribution in [0.4, 0.5) is 5.69 Å². The van der Waals surface area contributed by atoms with Crippen LogP contribution in [-0.2, 0) is 11.4 Å². The number of aliphatic hydroxyl groups is 1. The molecule has 1 amide bonds. The number of anilines is 1. The zero-order valence-corrected chi connectivity index (χ0v) is 7.81. The number of pyridine rings is 1. The van der Waals surface area contributed by atoms with Gasteiger partial charge in [0.1, 0.15) is 0 Å². The van der Waals surface area contributed by atoms with Gasteiger partial charge in [-0.1, -0.05) is 0 Å². The Morgan fingerprint density at radius 3 is 3.00 bits per heavy atom. The average molecular weight is 192 g/mol. The van der Waals surface area contributed by atoms with Crippen LogP contribution in [0.1, 0.15) is 18.4 Å². The molecule has 1 saturated heterocycles. The van der Waals surface area contributed by atoms with E-state index in [2.05, 4.69) is 4.98 Å². The van der Waals surface area contributed by atoms with Crippen molar-refractivity contribution in [2.45, 2.75) is 19.4 Å². The van der Waals surface area contributed by atoms with Gasteiger partial charge >= 0.3 is 0 Å². The van der Waals surface area contributed by atoms with Crippen molar-refractivity contribution in [3.63, 3.8) is 0 Å². The van der Waals surface area contributed by atoms with Crippen molar-refractivity contribution in [3.05, 3.63) is 24.0 Å². The lowest BCUT2D eigenvalue weighted by Gasteiger charge is -2.15. The Labute approximate surface area is 82.2 Å². The first kappa shape index (κ1) is 9.15. The largest absolute Gasteiger partial charge is 0.392 e. The normalized spacial score (nSPS) is 16.4. The van der Waals surface area contributed by atoms with Gasteiger partial charge in [-0.25, -0.2) is 0 Å². The Bertz CT molecular complexity index is 352. The minimum atomic E-state index is -0.0388. The van der Waals surface area contributed by atoms with Gasteiger partial charge in [0.05, 0.1) is 18.5 Å². The van der Waals surface area contributed by atoms with E-state index >= 15 is 0 Å². The number of hydrogen-bond acceptors (Lipinski definition) is 3. The highest BCUT2D eigenvalue weighted by Crippen LogP contribution is 2.20. The van der Waals surface area contributed by atoms with Crippen molar-refractivity contribution in [2.24, 2.45) is 0 Å². The van der Waals surface area contributed by atoms with Gasteiger partial charge in [0.15, 0.2) is 0 Å². The molecule has 74 valence electrons. The molecule has 1 fully saturated rings. The maximum absolute atomic E-state index is 11.4. The monoisotopic (exact) mass is 192 g/mol. The molecule has 2 rings (SSSR count). The van der Waals surface area contributed by atoms with Gasteiger partial charge in [-0.05, 0) is 18.1 Å². The molecular formula is C10H12N2O2. The van der Waals surface area contributed by atoms with Gasteiger partial charge in [0.25, 0.3) is 0 Å². The summed E-state index contributed by atoms with van der Waals surface area (Å²) in [6.07, 6.45) is 4.78. The fourth-order valence-electron chi connectivity index (χ4n) is 1.63. The van der Waals surface area contributed by atoms with Crippen molar-refractivity contribution >= 4 is 11.6 Å². The summed E-state index contributed by atoms with van der Waals surface area (Å²) < 4.78 is 0. The van der Waals surface area contributed by atoms with Crippen LogP contribution in [0.2, 0.25) is 0 Å². The van der Waals surface area contributed by atoms with Crippen molar-refractivity contribution < 1.29 is 9.90 Å². The van der Waals surface area contributed by atoms with Crippen molar-refractivity contribution in [2.75, 3.05) is 11.4 Å². The highest BCUT2D eigenvalue weighted by Gasteiger charge is 2.21. The summed E-state index contributed by atoms with van der Waals surface area (Å²) in [5.74, 6) is 0.141. The first-order chi connectivity index (χ1) is 6.81. The summed E-state index contributed by atoms with van der Waals surface area (Å²) in [6.45, 7) is 0.721. The lowest BCUT2D eigenvalue weighted by Crippen LogP contribution is -2.23. The van der Waals surface area contributed by atoms with E-state index < -0.39 is 0 Å². The standard InChI is InChI=1S/C10H12N2O2/c13-7-8-4-9(6-11-5-8)12-3-1-2-10(12)14/h4-6,13H,1-3,7H2. The molecule has 1 aliphatic rings. The Balaban J connectivity index is 2.26. The number of aliphatic hydroxyl groups excluding tert-OH is 1. The highest BCUT2D eigenvalue weighted by atomic mass is 16.3. The molecule has 0 saturated carbocycles. The van der Waals surface area contributed by atoms with Gasteiger partial charge < -0.3 is 10.0 Å². The van der Waals surface area contributed by atoms with Gasteiger partial charge in [-0.3, -0.25) is 9.78 Å². The van der Waals surface area contributed by atoms with Crippen LogP contribution >= 0.6 is 0 Å². The second kappa shape index (κ2) is 3.75. The van der Waals surface area contributed by atoms with Crippen LogP contribution in [-0.4, -0.2) is 22.5 Å². The molecule has 1 N–H and O–H groups in total. The summed E-state index contributed by atoms with van der Waals surface area (Å²) in [4.78, 5) is 17.1. The fourth-order valence-corrected chi connectivity index (χ4v) is 1.63. The van der Waals surface area contributed by atoms with Crippen LogP contribution < -0.4 is 4.90 Å². The molecule has 1 aromatic rings. The average Bonchev–Trinajstić information content (AvgIpc) is 2.65. The molecule has 2 heterocycles. The molecule has 0 aliphatic carbocycles. The lowest BCUT2D eigenvalue weighted by atomic mass is 10.2. The van der Waals surface area contributed by atoms with Crippen molar-refractivity contribution in [3.8, 4) is 0 Å². The number of amides is 1. The third-order valence-corrected chi connectivity index (χ3v) is 2.35.